The molecular weight excluding hydrogens is 484 g/mol. The van der Waals surface area contributed by atoms with Crippen LogP contribution in [0.1, 0.15) is 42.2 Å². The number of aliphatic hydroxyl groups excluding tert-OH is 2. The number of allylic oxidation sites excluding steroid dienone is 2. The van der Waals surface area contributed by atoms with E-state index < -0.39 is 12.0 Å². The van der Waals surface area contributed by atoms with Crippen molar-refractivity contribution >= 4 is 34.8 Å². The molecular formula is C28H34N6O4. The first-order valence-electron chi connectivity index (χ1n) is 12.7. The molecule has 4 rings (SSSR count). The third-order valence-corrected chi connectivity index (χ3v) is 6.35. The van der Waals surface area contributed by atoms with Crippen LogP contribution < -0.4 is 10.1 Å². The molecule has 1 aliphatic heterocycles. The van der Waals surface area contributed by atoms with Gasteiger partial charge in [0.25, 0.3) is 5.91 Å². The number of fused-ring (bicyclic) bond motifs is 1. The highest BCUT2D eigenvalue weighted by Gasteiger charge is 2.17. The maximum absolute atomic E-state index is 13.1. The molecule has 4 N–H and O–H groups in total. The van der Waals surface area contributed by atoms with Gasteiger partial charge in [-0.3, -0.25) is 19.8 Å². The van der Waals surface area contributed by atoms with Gasteiger partial charge in [-0.25, -0.2) is 4.98 Å². The second kappa shape index (κ2) is 13.1. The van der Waals surface area contributed by atoms with E-state index >= 15 is 0 Å². The predicted octanol–water partition coefficient (Wildman–Crippen LogP) is 3.42. The first-order chi connectivity index (χ1) is 18.5. The second-order valence-corrected chi connectivity index (χ2v) is 9.37. The largest absolute Gasteiger partial charge is 0.469 e. The minimum atomic E-state index is -0.758. The number of likely N-dealkylation sites (tertiary alicyclic amines) is 1. The monoisotopic (exact) mass is 518 g/mol. The zero-order valence-corrected chi connectivity index (χ0v) is 21.6. The average Bonchev–Trinajstić information content (AvgIpc) is 3.36. The number of amides is 1. The van der Waals surface area contributed by atoms with Gasteiger partial charge in [-0.1, -0.05) is 24.1 Å². The number of H-pyrrole nitrogens is 1. The molecule has 1 aliphatic rings. The van der Waals surface area contributed by atoms with E-state index in [-0.39, 0.29) is 24.8 Å². The van der Waals surface area contributed by atoms with Gasteiger partial charge in [0.15, 0.2) is 5.69 Å². The van der Waals surface area contributed by atoms with Crippen molar-refractivity contribution < 1.29 is 19.7 Å². The van der Waals surface area contributed by atoms with Gasteiger partial charge in [-0.2, -0.15) is 5.10 Å². The minimum absolute atomic E-state index is 0.227. The number of aliphatic hydroxyl groups is 2. The Kier molecular flexibility index (Phi) is 9.36. The molecule has 0 unspecified atom stereocenters. The number of pyridine rings is 1. The number of ether oxygens (including phenoxy) is 1. The summed E-state index contributed by atoms with van der Waals surface area (Å²) in [5.74, 6) is -0.165. The van der Waals surface area contributed by atoms with E-state index in [2.05, 4.69) is 50.1 Å². The highest BCUT2D eigenvalue weighted by atomic mass is 16.5. The number of benzene rings is 1. The van der Waals surface area contributed by atoms with Gasteiger partial charge < -0.3 is 20.3 Å². The SMILES string of the molecule is C=N/C=C(\C=C(/C)CN1CCCCC1)c1ccc2[nH]nc(C(=O)Nc3ccc(OC(CO)CO)nc3)c2c1. The zero-order valence-electron chi connectivity index (χ0n) is 21.6. The van der Waals surface area contributed by atoms with Crippen molar-refractivity contribution in [3.05, 3.63) is 65.6 Å². The van der Waals surface area contributed by atoms with Crippen LogP contribution in [0, 0.1) is 0 Å². The van der Waals surface area contributed by atoms with E-state index in [9.17, 15) is 4.79 Å². The number of carbonyl (C=O) groups excluding carboxylic acids is 1. The lowest BCUT2D eigenvalue weighted by Crippen LogP contribution is -2.31. The smallest absolute Gasteiger partial charge is 0.276 e. The topological polar surface area (TPSA) is 136 Å². The number of nitrogens with zero attached hydrogens (tertiary/aromatic N) is 4. The van der Waals surface area contributed by atoms with Crippen molar-refractivity contribution in [2.24, 2.45) is 4.99 Å². The molecule has 3 heterocycles. The number of aromatic nitrogens is 3. The van der Waals surface area contributed by atoms with Crippen LogP contribution in [-0.4, -0.2) is 81.9 Å². The lowest BCUT2D eigenvalue weighted by Gasteiger charge is -2.26. The summed E-state index contributed by atoms with van der Waals surface area (Å²) in [6, 6.07) is 8.96. The van der Waals surface area contributed by atoms with Gasteiger partial charge in [0.2, 0.25) is 5.88 Å². The summed E-state index contributed by atoms with van der Waals surface area (Å²) in [6.45, 7) is 8.25. The molecule has 1 aromatic carbocycles. The number of hydrogen-bond acceptors (Lipinski definition) is 8. The molecule has 1 amide bonds. The van der Waals surface area contributed by atoms with Crippen LogP contribution in [0.25, 0.3) is 16.5 Å². The minimum Gasteiger partial charge on any atom is -0.469 e. The molecule has 10 nitrogen and oxygen atoms in total. The van der Waals surface area contributed by atoms with Gasteiger partial charge in [0.05, 0.1) is 30.6 Å². The van der Waals surface area contributed by atoms with Gasteiger partial charge in [0, 0.05) is 24.2 Å². The summed E-state index contributed by atoms with van der Waals surface area (Å²) in [4.78, 5) is 23.7. The summed E-state index contributed by atoms with van der Waals surface area (Å²) in [6.07, 6.45) is 8.32. The van der Waals surface area contributed by atoms with E-state index in [0.717, 1.165) is 36.3 Å². The molecule has 2 aromatic heterocycles. The Balaban J connectivity index is 1.51. The van der Waals surface area contributed by atoms with Crippen molar-refractivity contribution in [1.82, 2.24) is 20.1 Å². The molecule has 0 bridgehead atoms. The Morgan fingerprint density at radius 2 is 2.03 bits per heavy atom. The molecule has 3 aromatic rings. The molecule has 200 valence electrons. The molecule has 1 saturated heterocycles. The Bertz CT molecular complexity index is 1300. The fourth-order valence-electron chi connectivity index (χ4n) is 4.46. The number of anilines is 1. The quantitative estimate of drug-likeness (QED) is 0.226. The summed E-state index contributed by atoms with van der Waals surface area (Å²) in [7, 11) is 0. The summed E-state index contributed by atoms with van der Waals surface area (Å²) < 4.78 is 5.36. The first kappa shape index (κ1) is 27.2. The van der Waals surface area contributed by atoms with Crippen LogP contribution in [-0.2, 0) is 0 Å². The van der Waals surface area contributed by atoms with Crippen molar-refractivity contribution in [3.8, 4) is 5.88 Å². The van der Waals surface area contributed by atoms with Gasteiger partial charge >= 0.3 is 0 Å². The average molecular weight is 519 g/mol. The Hall–Kier alpha value is -3.86. The zero-order chi connectivity index (χ0) is 26.9. The molecule has 0 atom stereocenters. The lowest BCUT2D eigenvalue weighted by atomic mass is 10.0. The number of aliphatic imine (C=N–C) groups is 1. The fraction of sp³-hybridized carbons (Fsp3) is 0.357. The van der Waals surface area contributed by atoms with Gasteiger partial charge in [-0.15, -0.1) is 0 Å². The number of piperidine rings is 1. The maximum Gasteiger partial charge on any atom is 0.276 e. The summed E-state index contributed by atoms with van der Waals surface area (Å²) >= 11 is 0. The van der Waals surface area contributed by atoms with Crippen molar-refractivity contribution in [3.63, 3.8) is 0 Å². The standard InChI is InChI=1S/C28H34N6O4/c1-19(16-34-10-4-3-5-11-34)12-21(14-29-2)20-6-8-25-24(13-20)27(33-32-25)28(37)31-22-7-9-26(30-15-22)38-23(17-35)18-36/h6-9,12-15,23,35-36H,2-5,10-11,16-18H2,1H3,(H,31,37)(H,32,33)/b19-12+,21-14+. The number of hydrogen-bond donors (Lipinski definition) is 4. The van der Waals surface area contributed by atoms with Gasteiger partial charge in [0.1, 0.15) is 6.10 Å². The molecule has 38 heavy (non-hydrogen) atoms. The normalized spacial score (nSPS) is 15.2. The molecule has 0 radical (unpaired) electrons. The van der Waals surface area contributed by atoms with Crippen LogP contribution in [0.15, 0.2) is 59.4 Å². The fourth-order valence-corrected chi connectivity index (χ4v) is 4.46. The lowest BCUT2D eigenvalue weighted by molar-refractivity contribution is 0.0597. The Morgan fingerprint density at radius 3 is 2.71 bits per heavy atom. The number of nitrogens with one attached hydrogen (secondary N) is 2. The second-order valence-electron chi connectivity index (χ2n) is 9.37. The number of rotatable bonds is 11. The highest BCUT2D eigenvalue weighted by Crippen LogP contribution is 2.25. The highest BCUT2D eigenvalue weighted by molar-refractivity contribution is 6.11. The molecule has 1 fully saturated rings. The van der Waals surface area contributed by atoms with Crippen molar-refractivity contribution in [2.45, 2.75) is 32.3 Å². The third kappa shape index (κ3) is 6.91. The number of carbonyl (C=O) groups is 1. The van der Waals surface area contributed by atoms with Crippen LogP contribution in [0.5, 0.6) is 5.88 Å². The molecule has 0 spiro atoms. The van der Waals surface area contributed by atoms with Crippen LogP contribution in [0.3, 0.4) is 0 Å². The Morgan fingerprint density at radius 1 is 1.24 bits per heavy atom. The molecule has 0 saturated carbocycles. The van der Waals surface area contributed by atoms with Crippen LogP contribution in [0.2, 0.25) is 0 Å². The van der Waals surface area contributed by atoms with E-state index in [0.29, 0.717) is 11.1 Å². The van der Waals surface area contributed by atoms with Crippen molar-refractivity contribution in [1.29, 1.82) is 0 Å². The third-order valence-electron chi connectivity index (χ3n) is 6.35. The Labute approximate surface area is 221 Å². The maximum atomic E-state index is 13.1. The van der Waals surface area contributed by atoms with Crippen molar-refractivity contribution in [2.75, 3.05) is 38.2 Å². The van der Waals surface area contributed by atoms with E-state index in [1.54, 1.807) is 18.3 Å². The summed E-state index contributed by atoms with van der Waals surface area (Å²) in [5, 5.41) is 28.9. The van der Waals surface area contributed by atoms with Crippen LogP contribution >= 0.6 is 0 Å². The van der Waals surface area contributed by atoms with Crippen LogP contribution in [0.4, 0.5) is 5.69 Å². The van der Waals surface area contributed by atoms with E-state index in [4.69, 9.17) is 14.9 Å². The van der Waals surface area contributed by atoms with E-state index in [1.807, 2.05) is 18.2 Å². The number of aromatic amines is 1. The molecule has 0 aliphatic carbocycles. The molecule has 10 heteroatoms. The first-order valence-corrected chi connectivity index (χ1v) is 12.7. The van der Waals surface area contributed by atoms with E-state index in [1.165, 1.54) is 31.0 Å². The van der Waals surface area contributed by atoms with Gasteiger partial charge in [-0.05, 0) is 68.9 Å². The predicted molar refractivity (Wildman–Crippen MR) is 148 cm³/mol. The summed E-state index contributed by atoms with van der Waals surface area (Å²) in [5.41, 5.74) is 4.49.